The fourth-order valence-corrected chi connectivity index (χ4v) is 4.06. The van der Waals surface area contributed by atoms with Crippen molar-refractivity contribution >= 4 is 17.3 Å². The highest BCUT2D eigenvalue weighted by Crippen LogP contribution is 2.50. The lowest BCUT2D eigenvalue weighted by Gasteiger charge is -2.36. The van der Waals surface area contributed by atoms with Gasteiger partial charge in [-0.15, -0.1) is 0 Å². The Hall–Kier alpha value is -3.23. The number of hydrogen-bond acceptors (Lipinski definition) is 8. The van der Waals surface area contributed by atoms with Crippen molar-refractivity contribution in [2.45, 2.75) is 31.5 Å². The Kier molecular flexibility index (Phi) is 3.65. The molecule has 0 spiro atoms. The van der Waals surface area contributed by atoms with Crippen LogP contribution in [0.2, 0.25) is 0 Å². The van der Waals surface area contributed by atoms with Gasteiger partial charge < -0.3 is 25.5 Å². The minimum absolute atomic E-state index is 0.148. The SMILES string of the molecule is CC(=O)C1(O)Cc2c(O)c3c(c(O)c2[C@H](O)C1)C(=O)c1c(O)cccc1C3=O. The molecule has 2 aliphatic carbocycles. The minimum atomic E-state index is -1.98. The minimum Gasteiger partial charge on any atom is -0.507 e. The van der Waals surface area contributed by atoms with Gasteiger partial charge in [-0.2, -0.15) is 0 Å². The van der Waals surface area contributed by atoms with Crippen molar-refractivity contribution in [1.29, 1.82) is 0 Å². The Balaban J connectivity index is 2.05. The van der Waals surface area contributed by atoms with Crippen molar-refractivity contribution < 1.29 is 39.9 Å². The normalized spacial score (nSPS) is 23.0. The van der Waals surface area contributed by atoms with Gasteiger partial charge in [0.15, 0.2) is 11.6 Å². The molecule has 0 aliphatic heterocycles. The van der Waals surface area contributed by atoms with E-state index in [-0.39, 0.29) is 22.3 Å². The third-order valence-electron chi connectivity index (χ3n) is 5.55. The molecule has 0 fully saturated rings. The maximum absolute atomic E-state index is 12.9. The van der Waals surface area contributed by atoms with Gasteiger partial charge in [-0.1, -0.05) is 12.1 Å². The number of aliphatic hydroxyl groups excluding tert-OH is 1. The summed E-state index contributed by atoms with van der Waals surface area (Å²) in [5, 5.41) is 52.4. The molecule has 0 saturated carbocycles. The number of fused-ring (bicyclic) bond motifs is 3. The lowest BCUT2D eigenvalue weighted by molar-refractivity contribution is -0.139. The molecule has 2 aromatic rings. The molecule has 0 amide bonds. The first-order valence-corrected chi connectivity index (χ1v) is 8.52. The van der Waals surface area contributed by atoms with Gasteiger partial charge in [0, 0.05) is 29.5 Å². The van der Waals surface area contributed by atoms with Crippen LogP contribution in [0.25, 0.3) is 0 Å². The van der Waals surface area contributed by atoms with E-state index in [0.29, 0.717) is 0 Å². The van der Waals surface area contributed by atoms with Crippen LogP contribution in [-0.4, -0.2) is 48.5 Å². The van der Waals surface area contributed by atoms with Gasteiger partial charge in [-0.3, -0.25) is 14.4 Å². The first-order valence-electron chi connectivity index (χ1n) is 8.52. The average Bonchev–Trinajstić information content (AvgIpc) is 2.61. The van der Waals surface area contributed by atoms with Crippen molar-refractivity contribution in [3.8, 4) is 17.2 Å². The van der Waals surface area contributed by atoms with Crippen LogP contribution in [0.15, 0.2) is 18.2 Å². The molecule has 0 heterocycles. The van der Waals surface area contributed by atoms with Crippen molar-refractivity contribution in [2.24, 2.45) is 0 Å². The number of aliphatic hydroxyl groups is 2. The molecule has 2 aliphatic rings. The van der Waals surface area contributed by atoms with Crippen LogP contribution in [0.3, 0.4) is 0 Å². The molecule has 144 valence electrons. The molecule has 28 heavy (non-hydrogen) atoms. The van der Waals surface area contributed by atoms with Crippen molar-refractivity contribution in [3.05, 3.63) is 51.6 Å². The third-order valence-corrected chi connectivity index (χ3v) is 5.55. The molecule has 0 aromatic heterocycles. The van der Waals surface area contributed by atoms with E-state index < -0.39 is 70.3 Å². The molecule has 0 radical (unpaired) electrons. The first-order chi connectivity index (χ1) is 13.1. The predicted octanol–water partition coefficient (Wildman–Crippen LogP) is 0.878. The van der Waals surface area contributed by atoms with Gasteiger partial charge in [0.05, 0.1) is 22.8 Å². The molecule has 2 aromatic carbocycles. The number of phenolic OH excluding ortho intramolecular Hbond substituents is 3. The number of phenols is 3. The lowest BCUT2D eigenvalue weighted by atomic mass is 9.72. The molecular formula is C20H16O8. The van der Waals surface area contributed by atoms with Crippen molar-refractivity contribution in [1.82, 2.24) is 0 Å². The second-order valence-electron chi connectivity index (χ2n) is 7.18. The fraction of sp³-hybridized carbons (Fsp3) is 0.250. The summed E-state index contributed by atoms with van der Waals surface area (Å²) in [5.74, 6) is -4.18. The number of carbonyl (C=O) groups is 3. The summed E-state index contributed by atoms with van der Waals surface area (Å²) in [6.07, 6.45) is -2.43. The Morgan fingerprint density at radius 1 is 1.04 bits per heavy atom. The summed E-state index contributed by atoms with van der Waals surface area (Å²) in [5.41, 5.74) is -3.84. The number of benzene rings is 2. The average molecular weight is 384 g/mol. The summed E-state index contributed by atoms with van der Waals surface area (Å²) in [6.45, 7) is 1.13. The standard InChI is InChI=1S/C20H16O8/c1-7(21)20(28)5-9-13(11(23)6-20)19(27)15-14(17(9)25)16(24)8-3-2-4-10(22)12(8)18(15)26/h2-4,11,22-23,25,27-28H,5-6H2,1H3/t11-,20?/m1/s1. The lowest BCUT2D eigenvalue weighted by Crippen LogP contribution is -2.44. The van der Waals surface area contributed by atoms with E-state index in [4.69, 9.17) is 0 Å². The van der Waals surface area contributed by atoms with E-state index in [1.807, 2.05) is 0 Å². The zero-order valence-electron chi connectivity index (χ0n) is 14.7. The smallest absolute Gasteiger partial charge is 0.202 e. The van der Waals surface area contributed by atoms with Gasteiger partial charge in [-0.25, -0.2) is 0 Å². The first kappa shape index (κ1) is 18.1. The molecule has 4 rings (SSSR count). The number of ketones is 3. The number of Topliss-reactive ketones (excluding diaryl/α,β-unsaturated/α-hetero) is 1. The summed E-state index contributed by atoms with van der Waals surface area (Å²) in [4.78, 5) is 37.6. The highest BCUT2D eigenvalue weighted by atomic mass is 16.3. The second kappa shape index (κ2) is 5.63. The number of carbonyl (C=O) groups excluding carboxylic acids is 3. The predicted molar refractivity (Wildman–Crippen MR) is 93.7 cm³/mol. The van der Waals surface area contributed by atoms with Crippen molar-refractivity contribution in [2.75, 3.05) is 0 Å². The van der Waals surface area contributed by atoms with Crippen LogP contribution in [0.4, 0.5) is 0 Å². The Labute approximate surface area is 158 Å². The molecule has 8 nitrogen and oxygen atoms in total. The van der Waals surface area contributed by atoms with Gasteiger partial charge >= 0.3 is 0 Å². The summed E-state index contributed by atoms with van der Waals surface area (Å²) < 4.78 is 0. The zero-order chi connectivity index (χ0) is 20.5. The highest BCUT2D eigenvalue weighted by Gasteiger charge is 2.47. The van der Waals surface area contributed by atoms with E-state index in [0.717, 1.165) is 6.92 Å². The summed E-state index contributed by atoms with van der Waals surface area (Å²) >= 11 is 0. The molecule has 2 atom stereocenters. The van der Waals surface area contributed by atoms with Gasteiger partial charge in [0.25, 0.3) is 0 Å². The van der Waals surface area contributed by atoms with Gasteiger partial charge in [-0.05, 0) is 13.0 Å². The van der Waals surface area contributed by atoms with Crippen LogP contribution in [-0.2, 0) is 11.2 Å². The van der Waals surface area contributed by atoms with Gasteiger partial charge in [0.2, 0.25) is 5.78 Å². The quantitative estimate of drug-likeness (QED) is 0.388. The maximum Gasteiger partial charge on any atom is 0.202 e. The summed E-state index contributed by atoms with van der Waals surface area (Å²) in [6, 6.07) is 3.87. The third kappa shape index (κ3) is 2.15. The zero-order valence-corrected chi connectivity index (χ0v) is 14.7. The van der Waals surface area contributed by atoms with Crippen molar-refractivity contribution in [3.63, 3.8) is 0 Å². The largest absolute Gasteiger partial charge is 0.507 e. The summed E-state index contributed by atoms with van der Waals surface area (Å²) in [7, 11) is 0. The topological polar surface area (TPSA) is 152 Å². The molecule has 0 bridgehead atoms. The van der Waals surface area contributed by atoms with E-state index in [2.05, 4.69) is 0 Å². The molecule has 0 saturated heterocycles. The Morgan fingerprint density at radius 2 is 1.68 bits per heavy atom. The monoisotopic (exact) mass is 384 g/mol. The molecule has 5 N–H and O–H groups in total. The van der Waals surface area contributed by atoms with Crippen LogP contribution in [0.1, 0.15) is 62.4 Å². The Bertz CT molecular complexity index is 1100. The fourth-order valence-electron chi connectivity index (χ4n) is 4.06. The van der Waals surface area contributed by atoms with E-state index in [9.17, 15) is 39.9 Å². The van der Waals surface area contributed by atoms with Crippen LogP contribution in [0.5, 0.6) is 17.2 Å². The van der Waals surface area contributed by atoms with Crippen LogP contribution >= 0.6 is 0 Å². The van der Waals surface area contributed by atoms with E-state index in [1.54, 1.807) is 0 Å². The second-order valence-corrected chi connectivity index (χ2v) is 7.18. The molecule has 1 unspecified atom stereocenters. The Morgan fingerprint density at radius 3 is 2.32 bits per heavy atom. The van der Waals surface area contributed by atoms with E-state index in [1.165, 1.54) is 18.2 Å². The van der Waals surface area contributed by atoms with Crippen LogP contribution in [0, 0.1) is 0 Å². The highest BCUT2D eigenvalue weighted by molar-refractivity contribution is 6.31. The number of rotatable bonds is 1. The molecular weight excluding hydrogens is 368 g/mol. The number of hydrogen-bond donors (Lipinski definition) is 5. The maximum atomic E-state index is 12.9. The molecule has 8 heteroatoms. The van der Waals surface area contributed by atoms with Gasteiger partial charge in [0.1, 0.15) is 22.8 Å². The van der Waals surface area contributed by atoms with Crippen LogP contribution < -0.4 is 0 Å². The van der Waals surface area contributed by atoms with E-state index >= 15 is 0 Å². The number of aromatic hydroxyl groups is 3.